The van der Waals surface area contributed by atoms with Crippen molar-refractivity contribution in [3.05, 3.63) is 60.3 Å². The molecular formula is C21H22FN3O4. The first-order valence-corrected chi connectivity index (χ1v) is 9.37. The number of anilines is 1. The Morgan fingerprint density at radius 1 is 1.10 bits per heavy atom. The second kappa shape index (κ2) is 9.68. The van der Waals surface area contributed by atoms with E-state index in [2.05, 4.69) is 10.6 Å². The monoisotopic (exact) mass is 399 g/mol. The number of amides is 3. The fourth-order valence-electron chi connectivity index (χ4n) is 3.06. The molecule has 152 valence electrons. The Kier molecular flexibility index (Phi) is 6.78. The van der Waals surface area contributed by atoms with Gasteiger partial charge in [-0.2, -0.15) is 0 Å². The molecule has 8 heteroatoms. The van der Waals surface area contributed by atoms with Crippen molar-refractivity contribution in [1.82, 2.24) is 10.2 Å². The van der Waals surface area contributed by atoms with E-state index in [0.29, 0.717) is 25.4 Å². The summed E-state index contributed by atoms with van der Waals surface area (Å²) < 4.78 is 18.7. The summed E-state index contributed by atoms with van der Waals surface area (Å²) in [6.07, 6.45) is 6.09. The van der Waals surface area contributed by atoms with Crippen molar-refractivity contribution in [2.75, 3.05) is 25.0 Å². The minimum atomic E-state index is -0.911. The standard InChI is InChI=1S/C21H22FN3O4/c22-17-5-1-2-6-18(17)24-21(28)20(27)23-14-15-9-11-25(12-10-15)19(26)8-7-16-4-3-13-29-16/h1-8,13,15H,9-12,14H2,(H,23,27)(H,24,28)/b8-7+. The van der Waals surface area contributed by atoms with Crippen molar-refractivity contribution in [3.8, 4) is 0 Å². The highest BCUT2D eigenvalue weighted by Gasteiger charge is 2.23. The number of likely N-dealkylation sites (tertiary alicyclic amines) is 1. The van der Waals surface area contributed by atoms with E-state index < -0.39 is 17.6 Å². The molecule has 3 rings (SSSR count). The average molecular weight is 399 g/mol. The van der Waals surface area contributed by atoms with E-state index in [1.807, 2.05) is 0 Å². The summed E-state index contributed by atoms with van der Waals surface area (Å²) >= 11 is 0. The molecule has 0 aliphatic carbocycles. The summed E-state index contributed by atoms with van der Waals surface area (Å²) in [5, 5.41) is 4.83. The van der Waals surface area contributed by atoms with Crippen molar-refractivity contribution in [2.45, 2.75) is 12.8 Å². The second-order valence-corrected chi connectivity index (χ2v) is 6.76. The van der Waals surface area contributed by atoms with Gasteiger partial charge in [0, 0.05) is 25.7 Å². The van der Waals surface area contributed by atoms with E-state index >= 15 is 0 Å². The van der Waals surface area contributed by atoms with Crippen LogP contribution in [-0.4, -0.2) is 42.3 Å². The van der Waals surface area contributed by atoms with Crippen molar-refractivity contribution in [2.24, 2.45) is 5.92 Å². The number of piperidine rings is 1. The summed E-state index contributed by atoms with van der Waals surface area (Å²) in [4.78, 5) is 37.8. The van der Waals surface area contributed by atoms with Gasteiger partial charge in [0.2, 0.25) is 5.91 Å². The van der Waals surface area contributed by atoms with Gasteiger partial charge >= 0.3 is 11.8 Å². The van der Waals surface area contributed by atoms with E-state index in [-0.39, 0.29) is 17.5 Å². The van der Waals surface area contributed by atoms with Crippen LogP contribution in [0, 0.1) is 11.7 Å². The van der Waals surface area contributed by atoms with Crippen LogP contribution in [0.1, 0.15) is 18.6 Å². The number of hydrogen-bond donors (Lipinski definition) is 2. The Hall–Kier alpha value is -3.42. The van der Waals surface area contributed by atoms with E-state index in [1.165, 1.54) is 24.3 Å². The lowest BCUT2D eigenvalue weighted by atomic mass is 9.96. The van der Waals surface area contributed by atoms with Crippen LogP contribution in [0.2, 0.25) is 0 Å². The van der Waals surface area contributed by atoms with Gasteiger partial charge in [-0.05, 0) is 49.1 Å². The van der Waals surface area contributed by atoms with Crippen molar-refractivity contribution >= 4 is 29.5 Å². The number of nitrogens with zero attached hydrogens (tertiary/aromatic N) is 1. The van der Waals surface area contributed by atoms with Crippen LogP contribution in [0.3, 0.4) is 0 Å². The lowest BCUT2D eigenvalue weighted by Crippen LogP contribution is -2.43. The first kappa shape index (κ1) is 20.3. The van der Waals surface area contributed by atoms with E-state index in [9.17, 15) is 18.8 Å². The molecule has 0 atom stereocenters. The molecule has 1 aromatic carbocycles. The molecule has 0 bridgehead atoms. The molecule has 1 aromatic heterocycles. The highest BCUT2D eigenvalue weighted by atomic mass is 19.1. The number of carbonyl (C=O) groups is 3. The third kappa shape index (κ3) is 5.78. The molecule has 2 aromatic rings. The SMILES string of the molecule is O=C(NCC1CCN(C(=O)/C=C/c2ccco2)CC1)C(=O)Nc1ccccc1F. The zero-order valence-electron chi connectivity index (χ0n) is 15.8. The van der Waals surface area contributed by atoms with Gasteiger partial charge in [-0.3, -0.25) is 14.4 Å². The van der Waals surface area contributed by atoms with E-state index in [0.717, 1.165) is 12.8 Å². The average Bonchev–Trinajstić information content (AvgIpc) is 3.26. The van der Waals surface area contributed by atoms with Crippen LogP contribution >= 0.6 is 0 Å². The van der Waals surface area contributed by atoms with Crippen molar-refractivity contribution < 1.29 is 23.2 Å². The van der Waals surface area contributed by atoms with Gasteiger partial charge in [-0.1, -0.05) is 12.1 Å². The maximum atomic E-state index is 13.5. The third-order valence-corrected chi connectivity index (χ3v) is 4.74. The lowest BCUT2D eigenvalue weighted by Gasteiger charge is -2.31. The Labute approximate surface area is 167 Å². The maximum absolute atomic E-state index is 13.5. The summed E-state index contributed by atoms with van der Waals surface area (Å²) in [7, 11) is 0. The first-order valence-electron chi connectivity index (χ1n) is 9.37. The Bertz CT molecular complexity index is 887. The number of benzene rings is 1. The van der Waals surface area contributed by atoms with Gasteiger partial charge in [-0.25, -0.2) is 4.39 Å². The molecule has 0 unspecified atom stereocenters. The topological polar surface area (TPSA) is 91.7 Å². The Morgan fingerprint density at radius 3 is 2.55 bits per heavy atom. The van der Waals surface area contributed by atoms with Gasteiger partial charge < -0.3 is 20.0 Å². The molecule has 7 nitrogen and oxygen atoms in total. The molecule has 0 spiro atoms. The molecule has 29 heavy (non-hydrogen) atoms. The molecule has 2 N–H and O–H groups in total. The smallest absolute Gasteiger partial charge is 0.313 e. The summed E-state index contributed by atoms with van der Waals surface area (Å²) in [5.41, 5.74) is -0.0397. The molecule has 2 heterocycles. The fraction of sp³-hybridized carbons (Fsp3) is 0.286. The number of halogens is 1. The van der Waals surface area contributed by atoms with Gasteiger partial charge in [0.25, 0.3) is 0 Å². The molecule has 1 aliphatic heterocycles. The minimum absolute atomic E-state index is 0.0397. The molecule has 0 radical (unpaired) electrons. The number of rotatable bonds is 5. The van der Waals surface area contributed by atoms with Crippen LogP contribution in [0.4, 0.5) is 10.1 Å². The number of carbonyl (C=O) groups excluding carboxylic acids is 3. The van der Waals surface area contributed by atoms with Gasteiger partial charge in [-0.15, -0.1) is 0 Å². The highest BCUT2D eigenvalue weighted by Crippen LogP contribution is 2.17. The number of nitrogens with one attached hydrogen (secondary N) is 2. The summed E-state index contributed by atoms with van der Waals surface area (Å²) in [6.45, 7) is 1.47. The molecule has 1 fully saturated rings. The van der Waals surface area contributed by atoms with E-state index in [4.69, 9.17) is 4.42 Å². The summed E-state index contributed by atoms with van der Waals surface area (Å²) in [5.74, 6) is -1.64. The molecular weight excluding hydrogens is 377 g/mol. The third-order valence-electron chi connectivity index (χ3n) is 4.74. The van der Waals surface area contributed by atoms with Gasteiger partial charge in [0.05, 0.1) is 12.0 Å². The fourth-order valence-corrected chi connectivity index (χ4v) is 3.06. The van der Waals surface area contributed by atoms with Gasteiger partial charge in [0.15, 0.2) is 0 Å². The molecule has 1 aliphatic rings. The lowest BCUT2D eigenvalue weighted by molar-refractivity contribution is -0.136. The minimum Gasteiger partial charge on any atom is -0.465 e. The van der Waals surface area contributed by atoms with Crippen LogP contribution in [0.5, 0.6) is 0 Å². The molecule has 1 saturated heterocycles. The number of furan rings is 1. The predicted octanol–water partition coefficient (Wildman–Crippen LogP) is 2.43. The zero-order valence-corrected chi connectivity index (χ0v) is 15.8. The predicted molar refractivity (Wildman–Crippen MR) is 105 cm³/mol. The Balaban J connectivity index is 1.39. The van der Waals surface area contributed by atoms with Crippen LogP contribution < -0.4 is 10.6 Å². The van der Waals surface area contributed by atoms with Crippen LogP contribution in [0.25, 0.3) is 6.08 Å². The largest absolute Gasteiger partial charge is 0.465 e. The van der Waals surface area contributed by atoms with Crippen LogP contribution in [-0.2, 0) is 14.4 Å². The molecule has 0 saturated carbocycles. The van der Waals surface area contributed by atoms with Gasteiger partial charge in [0.1, 0.15) is 11.6 Å². The van der Waals surface area contributed by atoms with Crippen molar-refractivity contribution in [1.29, 1.82) is 0 Å². The Morgan fingerprint density at radius 2 is 1.86 bits per heavy atom. The second-order valence-electron chi connectivity index (χ2n) is 6.76. The number of para-hydroxylation sites is 1. The normalized spacial score (nSPS) is 14.7. The highest BCUT2D eigenvalue weighted by molar-refractivity contribution is 6.39. The van der Waals surface area contributed by atoms with Crippen LogP contribution in [0.15, 0.2) is 53.2 Å². The summed E-state index contributed by atoms with van der Waals surface area (Å²) in [6, 6.07) is 9.16. The number of hydrogen-bond acceptors (Lipinski definition) is 4. The van der Waals surface area contributed by atoms with Crippen molar-refractivity contribution in [3.63, 3.8) is 0 Å². The molecule has 3 amide bonds. The maximum Gasteiger partial charge on any atom is 0.313 e. The first-order chi connectivity index (χ1) is 14.0. The zero-order chi connectivity index (χ0) is 20.6. The van der Waals surface area contributed by atoms with E-state index in [1.54, 1.807) is 35.4 Å². The quantitative estimate of drug-likeness (QED) is 0.597.